The van der Waals surface area contributed by atoms with Gasteiger partial charge in [0.15, 0.2) is 11.6 Å². The van der Waals surface area contributed by atoms with E-state index < -0.39 is 0 Å². The molecule has 94 heavy (non-hydrogen) atoms. The summed E-state index contributed by atoms with van der Waals surface area (Å²) in [5.74, 6) is 1.72. The van der Waals surface area contributed by atoms with Crippen LogP contribution in [-0.2, 0) is 10.8 Å². The van der Waals surface area contributed by atoms with E-state index >= 15 is 0 Å². The van der Waals surface area contributed by atoms with Gasteiger partial charge in [-0.25, -0.2) is 4.98 Å². The van der Waals surface area contributed by atoms with E-state index in [9.17, 15) is 0 Å². The van der Waals surface area contributed by atoms with Gasteiger partial charge in [0.25, 0.3) is 0 Å². The van der Waals surface area contributed by atoms with E-state index in [2.05, 4.69) is 321 Å². The van der Waals surface area contributed by atoms with Crippen molar-refractivity contribution in [1.29, 1.82) is 0 Å². The Bertz CT molecular complexity index is 5890. The Morgan fingerprint density at radius 2 is 0.766 bits per heavy atom. The molecule has 0 amide bonds. The Balaban J connectivity index is 0.819. The van der Waals surface area contributed by atoms with Crippen LogP contribution in [0.25, 0.3) is 156 Å². The highest BCUT2D eigenvalue weighted by molar-refractivity contribution is 6.14. The largest absolute Gasteiger partial charge is 0.309 e. The van der Waals surface area contributed by atoms with Crippen LogP contribution in [0.3, 0.4) is 0 Å². The van der Waals surface area contributed by atoms with Gasteiger partial charge in [-0.2, -0.15) is 9.97 Å². The Morgan fingerprint density at radius 3 is 1.38 bits per heavy atom. The second-order valence-electron chi connectivity index (χ2n) is 26.6. The summed E-state index contributed by atoms with van der Waals surface area (Å²) in [4.78, 5) is 16.2. The molecule has 0 spiro atoms. The molecule has 6 nitrogen and oxygen atoms in total. The minimum atomic E-state index is -0.123. The van der Waals surface area contributed by atoms with E-state index in [0.29, 0.717) is 17.6 Å². The summed E-state index contributed by atoms with van der Waals surface area (Å²) in [7, 11) is 0. The van der Waals surface area contributed by atoms with E-state index in [1.165, 1.54) is 60.4 Å². The van der Waals surface area contributed by atoms with Crippen LogP contribution >= 0.6 is 0 Å². The van der Waals surface area contributed by atoms with Crippen molar-refractivity contribution in [3.8, 4) is 84.6 Å². The van der Waals surface area contributed by atoms with Crippen LogP contribution in [0.1, 0.15) is 56.4 Å². The summed E-state index contributed by atoms with van der Waals surface area (Å²) in [5, 5.41) is 7.00. The molecule has 6 heteroatoms. The molecule has 0 radical (unpaired) electrons. The summed E-state index contributed by atoms with van der Waals surface area (Å²) < 4.78 is 7.17. The highest BCUT2D eigenvalue weighted by Gasteiger charge is 2.36. The standard InChI is InChI=1S/C88H64N6/c1-55-21-9-8-20-48-87(2,3)76-53-64(40-44-66(55)76)92-78-30-18-15-27-69(78)73-49-60(38-46-80(73)92)62-36-42-71-72-43-37-63(61-39-47-81-74(50-61)70-28-16-19-31-79(70)93(81)65-41-45-68-67-26-14-17-29-75(67)88(4,5)77(68)54-65)52-83(72)94(82(71)51-62)86-90-84(58-24-12-7-13-25-58)89-85(91-86)59-34-32-57(33-35-59)56-22-10-6-11-23-56/h6-47,49-54H,1,48H2,2-5H3/b20-8-,21-9-. The van der Waals surface area contributed by atoms with Crippen LogP contribution in [0, 0.1) is 0 Å². The quantitative estimate of drug-likeness (QED) is 0.152. The normalized spacial score (nSPS) is 14.7. The molecular weight excluding hydrogens is 1140 g/mol. The van der Waals surface area contributed by atoms with Gasteiger partial charge >= 0.3 is 0 Å². The van der Waals surface area contributed by atoms with Crippen molar-refractivity contribution in [2.45, 2.75) is 44.9 Å². The maximum absolute atomic E-state index is 5.51. The average Bonchev–Trinajstić information content (AvgIpc) is 1.57. The average molecular weight is 1210 g/mol. The SMILES string of the molecule is C=C1/C=C\C=C/CC(C)(C)c2cc(-n3c4ccccc4c4cc(-c5ccc6c7ccc(-c8ccc9c(c8)c8ccccc8n9-c8ccc9c(c8)C(C)(C)c8ccccc8-9)cc7n(-c7nc(-c8ccccc8)nc(-c8ccc(-c9ccccc9)cc8)n7)c6c5)ccc43)ccc21. The molecule has 0 bridgehead atoms. The van der Waals surface area contributed by atoms with Crippen LogP contribution in [-0.4, -0.2) is 28.7 Å². The maximum atomic E-state index is 5.51. The highest BCUT2D eigenvalue weighted by Crippen LogP contribution is 2.50. The topological polar surface area (TPSA) is 53.5 Å². The molecular formula is C88H64N6. The number of rotatable bonds is 8. The fourth-order valence-electron chi connectivity index (χ4n) is 15.4. The van der Waals surface area contributed by atoms with Crippen LogP contribution < -0.4 is 0 Å². The van der Waals surface area contributed by atoms with Crippen molar-refractivity contribution in [3.05, 3.63) is 320 Å². The van der Waals surface area contributed by atoms with Crippen LogP contribution in [0.15, 0.2) is 298 Å². The van der Waals surface area contributed by atoms with Crippen molar-refractivity contribution in [3.63, 3.8) is 0 Å². The molecule has 16 aromatic rings. The second-order valence-corrected chi connectivity index (χ2v) is 26.6. The molecule has 0 saturated heterocycles. The fourth-order valence-corrected chi connectivity index (χ4v) is 15.4. The molecule has 2 aliphatic rings. The smallest absolute Gasteiger partial charge is 0.238 e. The number of aromatic nitrogens is 6. The molecule has 0 atom stereocenters. The molecule has 0 N–H and O–H groups in total. The van der Waals surface area contributed by atoms with Gasteiger partial charge in [-0.15, -0.1) is 0 Å². The minimum Gasteiger partial charge on any atom is -0.309 e. The molecule has 4 heterocycles. The van der Waals surface area contributed by atoms with Gasteiger partial charge < -0.3 is 9.13 Å². The Morgan fingerprint density at radius 1 is 0.319 bits per heavy atom. The van der Waals surface area contributed by atoms with E-state index in [1.807, 2.05) is 18.2 Å². The maximum Gasteiger partial charge on any atom is 0.238 e. The van der Waals surface area contributed by atoms with Crippen molar-refractivity contribution >= 4 is 71.0 Å². The molecule has 0 aliphatic heterocycles. The van der Waals surface area contributed by atoms with Gasteiger partial charge in [0.2, 0.25) is 5.95 Å². The summed E-state index contributed by atoms with van der Waals surface area (Å²) in [6.45, 7) is 13.9. The van der Waals surface area contributed by atoms with E-state index in [0.717, 1.165) is 106 Å². The van der Waals surface area contributed by atoms with Gasteiger partial charge in [-0.1, -0.05) is 253 Å². The predicted octanol–water partition coefficient (Wildman–Crippen LogP) is 22.6. The third-order valence-electron chi connectivity index (χ3n) is 20.2. The Labute approximate surface area is 546 Å². The first-order chi connectivity index (χ1) is 46.0. The first kappa shape index (κ1) is 55.1. The number of nitrogens with zero attached hydrogens (tertiary/aromatic N) is 6. The molecule has 446 valence electrons. The first-order valence-electron chi connectivity index (χ1n) is 32.6. The zero-order valence-electron chi connectivity index (χ0n) is 52.8. The van der Waals surface area contributed by atoms with Crippen molar-refractivity contribution in [1.82, 2.24) is 28.7 Å². The zero-order chi connectivity index (χ0) is 63.0. The molecule has 0 fully saturated rings. The van der Waals surface area contributed by atoms with Crippen LogP contribution in [0.4, 0.5) is 0 Å². The van der Waals surface area contributed by atoms with Crippen LogP contribution in [0.2, 0.25) is 0 Å². The van der Waals surface area contributed by atoms with Crippen molar-refractivity contribution in [2.75, 3.05) is 0 Å². The summed E-state index contributed by atoms with van der Waals surface area (Å²) >= 11 is 0. The number of hydrogen-bond acceptors (Lipinski definition) is 3. The molecule has 2 aliphatic carbocycles. The van der Waals surface area contributed by atoms with Gasteiger partial charge in [0.1, 0.15) is 0 Å². The minimum absolute atomic E-state index is 0.112. The summed E-state index contributed by atoms with van der Waals surface area (Å²) in [6, 6.07) is 97.7. The summed E-state index contributed by atoms with van der Waals surface area (Å²) in [6.07, 6.45) is 9.57. The van der Waals surface area contributed by atoms with Gasteiger partial charge in [-0.3, -0.25) is 4.57 Å². The lowest BCUT2D eigenvalue weighted by atomic mass is 9.77. The van der Waals surface area contributed by atoms with Gasteiger partial charge in [0, 0.05) is 60.2 Å². The lowest BCUT2D eigenvalue weighted by Gasteiger charge is -2.28. The molecule has 4 aromatic heterocycles. The third-order valence-corrected chi connectivity index (χ3v) is 20.2. The predicted molar refractivity (Wildman–Crippen MR) is 393 cm³/mol. The second kappa shape index (κ2) is 21.2. The summed E-state index contributed by atoms with van der Waals surface area (Å²) in [5.41, 5.74) is 26.1. The lowest BCUT2D eigenvalue weighted by Crippen LogP contribution is -2.18. The highest BCUT2D eigenvalue weighted by atomic mass is 15.2. The van der Waals surface area contributed by atoms with Crippen molar-refractivity contribution < 1.29 is 0 Å². The van der Waals surface area contributed by atoms with E-state index in [-0.39, 0.29) is 10.8 Å². The molecule has 18 rings (SSSR count). The Hall–Kier alpha value is -11.7. The number of fused-ring (bicyclic) bond motifs is 13. The molecule has 0 saturated carbocycles. The fraction of sp³-hybridized carbons (Fsp3) is 0.0795. The Kier molecular flexibility index (Phi) is 12.4. The van der Waals surface area contributed by atoms with Crippen molar-refractivity contribution in [2.24, 2.45) is 0 Å². The zero-order valence-corrected chi connectivity index (χ0v) is 52.8. The lowest BCUT2D eigenvalue weighted by molar-refractivity contribution is 0.533. The molecule has 0 unspecified atom stereocenters. The number of para-hydroxylation sites is 2. The van der Waals surface area contributed by atoms with E-state index in [4.69, 9.17) is 15.0 Å². The van der Waals surface area contributed by atoms with Gasteiger partial charge in [0.05, 0.1) is 33.1 Å². The third kappa shape index (κ3) is 8.74. The number of benzene rings is 12. The monoisotopic (exact) mass is 1200 g/mol. The van der Waals surface area contributed by atoms with E-state index in [1.54, 1.807) is 0 Å². The number of hydrogen-bond donors (Lipinski definition) is 0. The molecule has 12 aromatic carbocycles. The van der Waals surface area contributed by atoms with Gasteiger partial charge in [-0.05, 0) is 157 Å². The number of allylic oxidation sites excluding steroid dienone is 5. The van der Waals surface area contributed by atoms with Crippen LogP contribution in [0.5, 0.6) is 0 Å². The first-order valence-corrected chi connectivity index (χ1v) is 32.6.